The van der Waals surface area contributed by atoms with Gasteiger partial charge >= 0.3 is 6.18 Å². The van der Waals surface area contributed by atoms with E-state index in [2.05, 4.69) is 11.4 Å². The van der Waals surface area contributed by atoms with Gasteiger partial charge < -0.3 is 5.32 Å². The van der Waals surface area contributed by atoms with E-state index < -0.39 is 12.1 Å². The summed E-state index contributed by atoms with van der Waals surface area (Å²) < 4.78 is 38.2. The summed E-state index contributed by atoms with van der Waals surface area (Å²) in [5.74, 6) is -0.677. The van der Waals surface area contributed by atoms with Crippen molar-refractivity contribution in [2.75, 3.05) is 6.54 Å². The van der Waals surface area contributed by atoms with Gasteiger partial charge in [0.1, 0.15) is 0 Å². The molecule has 0 aromatic rings. The van der Waals surface area contributed by atoms with E-state index in [0.717, 1.165) is 37.8 Å². The zero-order valence-electron chi connectivity index (χ0n) is 11.5. The average molecular weight is 286 g/mol. The molecule has 0 radical (unpaired) electrons. The molecule has 0 amide bonds. The number of rotatable bonds is 3. The second-order valence-electron chi connectivity index (χ2n) is 5.99. The van der Waals surface area contributed by atoms with Gasteiger partial charge in [0.05, 0.1) is 12.0 Å². The van der Waals surface area contributed by atoms with Gasteiger partial charge in [-0.2, -0.15) is 18.4 Å². The van der Waals surface area contributed by atoms with Crippen LogP contribution in [-0.4, -0.2) is 18.8 Å². The van der Waals surface area contributed by atoms with Crippen molar-refractivity contribution < 1.29 is 13.2 Å². The van der Waals surface area contributed by atoms with Gasteiger partial charge in [-0.25, -0.2) is 0 Å². The lowest BCUT2D eigenvalue weighted by Gasteiger charge is -2.32. The predicted molar refractivity (Wildman–Crippen MR) is 70.8 cm³/mol. The summed E-state index contributed by atoms with van der Waals surface area (Å²) in [7, 11) is 0. The minimum atomic E-state index is -4.05. The smallest absolute Gasteiger partial charge is 0.314 e. The molecule has 0 spiro atoms. The molecule has 3 atom stereocenters. The highest BCUT2D eigenvalue weighted by atomic mass is 19.4. The molecule has 0 heterocycles. The van der Waals surface area contributed by atoms with E-state index in [1.165, 1.54) is 0 Å². The molecule has 0 aromatic heterocycles. The minimum Gasteiger partial charge on any atom is -0.314 e. The summed E-state index contributed by atoms with van der Waals surface area (Å²) >= 11 is 0. The Hall–Kier alpha value is -1.02. The summed E-state index contributed by atoms with van der Waals surface area (Å²) in [6.45, 7) is 0.768. The Balaban J connectivity index is 1.75. The summed E-state index contributed by atoms with van der Waals surface area (Å²) in [4.78, 5) is 0. The number of hydrogen-bond donors (Lipinski definition) is 1. The van der Waals surface area contributed by atoms with Gasteiger partial charge in [0.15, 0.2) is 0 Å². The Kier molecular flexibility index (Phi) is 5.09. The van der Waals surface area contributed by atoms with Crippen LogP contribution in [0.5, 0.6) is 0 Å². The van der Waals surface area contributed by atoms with Crippen LogP contribution >= 0.6 is 0 Å². The summed E-state index contributed by atoms with van der Waals surface area (Å²) in [5, 5.41) is 12.1. The third-order valence-electron chi connectivity index (χ3n) is 4.50. The van der Waals surface area contributed by atoms with Crippen molar-refractivity contribution in [3.63, 3.8) is 0 Å². The van der Waals surface area contributed by atoms with E-state index in [9.17, 15) is 13.2 Å². The first-order chi connectivity index (χ1) is 9.49. The fraction of sp³-hybridized carbons (Fsp3) is 0.800. The highest BCUT2D eigenvalue weighted by molar-refractivity contribution is 5.22. The lowest BCUT2D eigenvalue weighted by atomic mass is 9.84. The summed E-state index contributed by atoms with van der Waals surface area (Å²) in [5.41, 5.74) is 0.844. The van der Waals surface area contributed by atoms with E-state index in [1.807, 2.05) is 6.08 Å². The van der Waals surface area contributed by atoms with Crippen LogP contribution < -0.4 is 5.32 Å². The van der Waals surface area contributed by atoms with Gasteiger partial charge in [-0.1, -0.05) is 12.5 Å². The third-order valence-corrected chi connectivity index (χ3v) is 4.50. The van der Waals surface area contributed by atoms with Crippen LogP contribution in [0.1, 0.15) is 44.9 Å². The molecular formula is C15H21F3N2. The molecule has 0 aliphatic heterocycles. The zero-order valence-corrected chi connectivity index (χ0v) is 11.5. The molecule has 1 N–H and O–H groups in total. The third kappa shape index (κ3) is 4.24. The Morgan fingerprint density at radius 2 is 2.10 bits per heavy atom. The maximum Gasteiger partial charge on any atom is 0.391 e. The number of nitriles is 1. The van der Waals surface area contributed by atoms with Crippen LogP contribution in [0.25, 0.3) is 0 Å². The molecule has 1 saturated carbocycles. The molecular weight excluding hydrogens is 265 g/mol. The van der Waals surface area contributed by atoms with Crippen molar-refractivity contribution in [3.05, 3.63) is 11.6 Å². The molecule has 5 heteroatoms. The first-order valence-electron chi connectivity index (χ1n) is 7.38. The maximum absolute atomic E-state index is 12.7. The molecule has 1 fully saturated rings. The zero-order chi connectivity index (χ0) is 14.6. The highest BCUT2D eigenvalue weighted by Gasteiger charge is 2.42. The quantitative estimate of drug-likeness (QED) is 0.852. The molecule has 0 aromatic carbocycles. The maximum atomic E-state index is 12.7. The lowest BCUT2D eigenvalue weighted by molar-refractivity contribution is -0.183. The standard InChI is InChI=1S/C15H21F3N2/c16-15(17,18)13-2-1-3-14(8-13)20-10-12-6-4-11(9-19)5-7-12/h4,12-14,20H,1-3,5-8,10H2. The summed E-state index contributed by atoms with van der Waals surface area (Å²) in [6.07, 6.45) is 2.55. The molecule has 0 bridgehead atoms. The Morgan fingerprint density at radius 3 is 2.70 bits per heavy atom. The van der Waals surface area contributed by atoms with E-state index in [0.29, 0.717) is 12.3 Å². The van der Waals surface area contributed by atoms with Gasteiger partial charge in [0, 0.05) is 11.6 Å². The molecule has 2 rings (SSSR count). The van der Waals surface area contributed by atoms with Gasteiger partial charge in [-0.15, -0.1) is 0 Å². The molecule has 0 saturated heterocycles. The number of alkyl halides is 3. The van der Waals surface area contributed by atoms with Crippen molar-refractivity contribution in [1.82, 2.24) is 5.32 Å². The van der Waals surface area contributed by atoms with Gasteiger partial charge in [-0.3, -0.25) is 0 Å². The van der Waals surface area contributed by atoms with E-state index in [1.54, 1.807) is 0 Å². The normalized spacial score (nSPS) is 31.5. The number of allylic oxidation sites excluding steroid dienone is 2. The minimum absolute atomic E-state index is 0.00304. The first-order valence-corrected chi connectivity index (χ1v) is 7.38. The monoisotopic (exact) mass is 286 g/mol. The van der Waals surface area contributed by atoms with Crippen LogP contribution in [0.4, 0.5) is 13.2 Å². The van der Waals surface area contributed by atoms with Gasteiger partial charge in [-0.05, 0) is 51.0 Å². The van der Waals surface area contributed by atoms with Crippen molar-refractivity contribution in [3.8, 4) is 6.07 Å². The molecule has 3 unspecified atom stereocenters. The van der Waals surface area contributed by atoms with Gasteiger partial charge in [0.25, 0.3) is 0 Å². The van der Waals surface area contributed by atoms with Crippen LogP contribution in [-0.2, 0) is 0 Å². The van der Waals surface area contributed by atoms with Crippen molar-refractivity contribution >= 4 is 0 Å². The SMILES string of the molecule is N#CC1=CCC(CNC2CCCC(C(F)(F)F)C2)CC1. The highest BCUT2D eigenvalue weighted by Crippen LogP contribution is 2.37. The number of nitrogens with zero attached hydrogens (tertiary/aromatic N) is 1. The van der Waals surface area contributed by atoms with Crippen molar-refractivity contribution in [2.45, 2.75) is 57.2 Å². The summed E-state index contributed by atoms with van der Waals surface area (Å²) in [6, 6.07) is 2.17. The fourth-order valence-corrected chi connectivity index (χ4v) is 3.18. The molecule has 112 valence electrons. The largest absolute Gasteiger partial charge is 0.391 e. The van der Waals surface area contributed by atoms with Crippen LogP contribution in [0.15, 0.2) is 11.6 Å². The topological polar surface area (TPSA) is 35.8 Å². The van der Waals surface area contributed by atoms with Gasteiger partial charge in [0.2, 0.25) is 0 Å². The number of nitrogens with one attached hydrogen (secondary N) is 1. The van der Waals surface area contributed by atoms with E-state index in [4.69, 9.17) is 5.26 Å². The molecule has 20 heavy (non-hydrogen) atoms. The van der Waals surface area contributed by atoms with Crippen LogP contribution in [0.2, 0.25) is 0 Å². The second-order valence-corrected chi connectivity index (χ2v) is 5.99. The number of halogens is 3. The van der Waals surface area contributed by atoms with Crippen LogP contribution in [0, 0.1) is 23.2 Å². The predicted octanol–water partition coefficient (Wildman–Crippen LogP) is 3.95. The molecule has 2 aliphatic rings. The second kappa shape index (κ2) is 6.62. The first kappa shape index (κ1) is 15.4. The van der Waals surface area contributed by atoms with Crippen LogP contribution in [0.3, 0.4) is 0 Å². The lowest BCUT2D eigenvalue weighted by Crippen LogP contribution is -2.40. The number of hydrogen-bond acceptors (Lipinski definition) is 2. The van der Waals surface area contributed by atoms with Crippen molar-refractivity contribution in [1.29, 1.82) is 5.26 Å². The Bertz CT molecular complexity index is 395. The average Bonchev–Trinajstić information content (AvgIpc) is 2.45. The Labute approximate surface area is 118 Å². The Morgan fingerprint density at radius 1 is 1.30 bits per heavy atom. The van der Waals surface area contributed by atoms with E-state index in [-0.39, 0.29) is 18.9 Å². The van der Waals surface area contributed by atoms with Crippen molar-refractivity contribution in [2.24, 2.45) is 11.8 Å². The molecule has 2 nitrogen and oxygen atoms in total. The van der Waals surface area contributed by atoms with E-state index >= 15 is 0 Å². The fourth-order valence-electron chi connectivity index (χ4n) is 3.18. The molecule has 2 aliphatic carbocycles.